The molecule has 0 unspecified atom stereocenters. The summed E-state index contributed by atoms with van der Waals surface area (Å²) in [5.41, 5.74) is 8.41. The van der Waals surface area contributed by atoms with E-state index < -0.39 is 0 Å². The molecule has 1 fully saturated rings. The minimum absolute atomic E-state index is 0.646. The SMILES string of the molecule is CN(Cc1ccccc1CN)CC1CCC1. The molecule has 2 N–H and O–H groups in total. The molecule has 2 rings (SSSR count). The molecular formula is C14H22N2. The molecule has 1 aliphatic rings. The Bertz CT molecular complexity index is 331. The first-order chi connectivity index (χ1) is 7.79. The molecule has 0 saturated heterocycles. The van der Waals surface area contributed by atoms with Gasteiger partial charge in [-0.05, 0) is 36.9 Å². The van der Waals surface area contributed by atoms with Crippen LogP contribution in [-0.4, -0.2) is 18.5 Å². The van der Waals surface area contributed by atoms with Gasteiger partial charge in [-0.25, -0.2) is 0 Å². The molecule has 0 radical (unpaired) electrons. The van der Waals surface area contributed by atoms with Crippen molar-refractivity contribution in [3.8, 4) is 0 Å². The maximum Gasteiger partial charge on any atom is 0.0234 e. The van der Waals surface area contributed by atoms with Gasteiger partial charge in [-0.1, -0.05) is 30.7 Å². The number of hydrogen-bond acceptors (Lipinski definition) is 2. The largest absolute Gasteiger partial charge is 0.326 e. The maximum atomic E-state index is 5.75. The van der Waals surface area contributed by atoms with Crippen LogP contribution in [0.15, 0.2) is 24.3 Å². The van der Waals surface area contributed by atoms with Crippen LogP contribution in [0.25, 0.3) is 0 Å². The van der Waals surface area contributed by atoms with Crippen molar-refractivity contribution in [2.45, 2.75) is 32.4 Å². The Morgan fingerprint density at radius 1 is 1.25 bits per heavy atom. The summed E-state index contributed by atoms with van der Waals surface area (Å²) in [4.78, 5) is 2.43. The highest BCUT2D eigenvalue weighted by Gasteiger charge is 2.19. The number of rotatable bonds is 5. The van der Waals surface area contributed by atoms with Crippen LogP contribution < -0.4 is 5.73 Å². The normalized spacial score (nSPS) is 16.4. The Labute approximate surface area is 98.4 Å². The molecule has 0 aromatic heterocycles. The molecule has 2 heteroatoms. The van der Waals surface area contributed by atoms with E-state index in [-0.39, 0.29) is 0 Å². The topological polar surface area (TPSA) is 29.3 Å². The Morgan fingerprint density at radius 2 is 1.94 bits per heavy atom. The standard InChI is InChI=1S/C14H22N2/c1-16(10-12-5-4-6-12)11-14-8-3-2-7-13(14)9-15/h2-3,7-8,12H,4-6,9-11,15H2,1H3. The molecule has 0 amide bonds. The van der Waals surface area contributed by atoms with E-state index in [1.165, 1.54) is 36.9 Å². The fourth-order valence-corrected chi connectivity index (χ4v) is 2.38. The first-order valence-corrected chi connectivity index (χ1v) is 6.25. The van der Waals surface area contributed by atoms with Gasteiger partial charge in [0.05, 0.1) is 0 Å². The molecule has 16 heavy (non-hydrogen) atoms. The average molecular weight is 218 g/mol. The quantitative estimate of drug-likeness (QED) is 0.822. The van der Waals surface area contributed by atoms with Gasteiger partial charge >= 0.3 is 0 Å². The molecule has 0 atom stereocenters. The summed E-state index contributed by atoms with van der Waals surface area (Å²) in [6, 6.07) is 8.50. The van der Waals surface area contributed by atoms with E-state index in [2.05, 4.69) is 36.2 Å². The van der Waals surface area contributed by atoms with Crippen LogP contribution in [0.5, 0.6) is 0 Å². The van der Waals surface area contributed by atoms with Gasteiger partial charge in [0.25, 0.3) is 0 Å². The van der Waals surface area contributed by atoms with E-state index in [0.717, 1.165) is 12.5 Å². The van der Waals surface area contributed by atoms with Crippen molar-refractivity contribution in [3.05, 3.63) is 35.4 Å². The van der Waals surface area contributed by atoms with Gasteiger partial charge in [-0.2, -0.15) is 0 Å². The summed E-state index contributed by atoms with van der Waals surface area (Å²) < 4.78 is 0. The zero-order valence-electron chi connectivity index (χ0n) is 10.2. The van der Waals surface area contributed by atoms with Gasteiger partial charge < -0.3 is 10.6 Å². The molecule has 0 spiro atoms. The predicted molar refractivity (Wildman–Crippen MR) is 68.0 cm³/mol. The van der Waals surface area contributed by atoms with Crippen molar-refractivity contribution >= 4 is 0 Å². The molecule has 0 aliphatic heterocycles. The molecular weight excluding hydrogens is 196 g/mol. The Morgan fingerprint density at radius 3 is 2.50 bits per heavy atom. The van der Waals surface area contributed by atoms with Crippen LogP contribution in [0.4, 0.5) is 0 Å². The maximum absolute atomic E-state index is 5.75. The summed E-state index contributed by atoms with van der Waals surface area (Å²) in [7, 11) is 2.21. The lowest BCUT2D eigenvalue weighted by molar-refractivity contribution is 0.200. The molecule has 2 nitrogen and oxygen atoms in total. The molecule has 88 valence electrons. The smallest absolute Gasteiger partial charge is 0.0234 e. The van der Waals surface area contributed by atoms with Gasteiger partial charge in [0.15, 0.2) is 0 Å². The number of hydrogen-bond donors (Lipinski definition) is 1. The van der Waals surface area contributed by atoms with Crippen LogP contribution in [0.1, 0.15) is 30.4 Å². The summed E-state index contributed by atoms with van der Waals surface area (Å²) in [6.07, 6.45) is 4.27. The van der Waals surface area contributed by atoms with E-state index in [4.69, 9.17) is 5.73 Å². The van der Waals surface area contributed by atoms with E-state index in [1.807, 2.05) is 0 Å². The minimum atomic E-state index is 0.646. The highest BCUT2D eigenvalue weighted by atomic mass is 15.1. The van der Waals surface area contributed by atoms with E-state index in [9.17, 15) is 0 Å². The molecule has 1 aromatic carbocycles. The van der Waals surface area contributed by atoms with Crippen molar-refractivity contribution in [1.82, 2.24) is 4.90 Å². The second kappa shape index (κ2) is 5.46. The van der Waals surface area contributed by atoms with Gasteiger partial charge in [-0.15, -0.1) is 0 Å². The lowest BCUT2D eigenvalue weighted by atomic mass is 9.85. The fourth-order valence-electron chi connectivity index (χ4n) is 2.38. The average Bonchev–Trinajstić information content (AvgIpc) is 2.24. The summed E-state index contributed by atoms with van der Waals surface area (Å²) in [5.74, 6) is 0.940. The summed E-state index contributed by atoms with van der Waals surface area (Å²) >= 11 is 0. The van der Waals surface area contributed by atoms with Gasteiger partial charge in [0.2, 0.25) is 0 Å². The zero-order valence-corrected chi connectivity index (χ0v) is 10.2. The van der Waals surface area contributed by atoms with Crippen LogP contribution in [0.3, 0.4) is 0 Å². The molecule has 1 aromatic rings. The van der Waals surface area contributed by atoms with Crippen molar-refractivity contribution in [3.63, 3.8) is 0 Å². The Kier molecular flexibility index (Phi) is 3.97. The lowest BCUT2D eigenvalue weighted by Gasteiger charge is -2.30. The molecule has 0 heterocycles. The van der Waals surface area contributed by atoms with Crippen molar-refractivity contribution in [1.29, 1.82) is 0 Å². The van der Waals surface area contributed by atoms with Crippen molar-refractivity contribution < 1.29 is 0 Å². The van der Waals surface area contributed by atoms with E-state index >= 15 is 0 Å². The molecule has 1 aliphatic carbocycles. The predicted octanol–water partition coefficient (Wildman–Crippen LogP) is 2.38. The van der Waals surface area contributed by atoms with Crippen molar-refractivity contribution in [2.24, 2.45) is 11.7 Å². The minimum Gasteiger partial charge on any atom is -0.326 e. The molecule has 0 bridgehead atoms. The number of nitrogens with zero attached hydrogens (tertiary/aromatic N) is 1. The fraction of sp³-hybridized carbons (Fsp3) is 0.571. The third-order valence-corrected chi connectivity index (χ3v) is 3.57. The number of benzene rings is 1. The monoisotopic (exact) mass is 218 g/mol. The Hall–Kier alpha value is -0.860. The third kappa shape index (κ3) is 2.83. The van der Waals surface area contributed by atoms with Gasteiger partial charge in [0.1, 0.15) is 0 Å². The lowest BCUT2D eigenvalue weighted by Crippen LogP contribution is -2.29. The van der Waals surface area contributed by atoms with E-state index in [0.29, 0.717) is 6.54 Å². The van der Waals surface area contributed by atoms with Crippen LogP contribution >= 0.6 is 0 Å². The van der Waals surface area contributed by atoms with Crippen LogP contribution in [0.2, 0.25) is 0 Å². The highest BCUT2D eigenvalue weighted by molar-refractivity contribution is 5.26. The van der Waals surface area contributed by atoms with Gasteiger partial charge in [0, 0.05) is 19.6 Å². The van der Waals surface area contributed by atoms with Crippen LogP contribution in [-0.2, 0) is 13.1 Å². The van der Waals surface area contributed by atoms with Crippen LogP contribution in [0, 0.1) is 5.92 Å². The molecule has 1 saturated carbocycles. The second-order valence-corrected chi connectivity index (χ2v) is 4.97. The number of nitrogens with two attached hydrogens (primary N) is 1. The second-order valence-electron chi connectivity index (χ2n) is 4.97. The summed E-state index contributed by atoms with van der Waals surface area (Å²) in [6.45, 7) is 2.91. The van der Waals surface area contributed by atoms with E-state index in [1.54, 1.807) is 0 Å². The van der Waals surface area contributed by atoms with Gasteiger partial charge in [-0.3, -0.25) is 0 Å². The first-order valence-electron chi connectivity index (χ1n) is 6.25. The summed E-state index contributed by atoms with van der Waals surface area (Å²) in [5, 5.41) is 0. The highest BCUT2D eigenvalue weighted by Crippen LogP contribution is 2.27. The zero-order chi connectivity index (χ0) is 11.4. The van der Waals surface area contributed by atoms with Crippen molar-refractivity contribution in [2.75, 3.05) is 13.6 Å². The Balaban J connectivity index is 1.91. The first kappa shape index (κ1) is 11.6. The third-order valence-electron chi connectivity index (χ3n) is 3.57.